The molecule has 0 amide bonds. The predicted molar refractivity (Wildman–Crippen MR) is 55.7 cm³/mol. The lowest BCUT2D eigenvalue weighted by atomic mass is 9.89. The SMILES string of the molecule is Cc1ccc(F)c(C(F)(CN)C2CC2)c1. The first-order valence-electron chi connectivity index (χ1n) is 5.23. The van der Waals surface area contributed by atoms with Crippen LogP contribution < -0.4 is 5.73 Å². The molecule has 0 heterocycles. The smallest absolute Gasteiger partial charge is 0.153 e. The summed E-state index contributed by atoms with van der Waals surface area (Å²) in [7, 11) is 0. The lowest BCUT2D eigenvalue weighted by Gasteiger charge is -2.24. The fourth-order valence-electron chi connectivity index (χ4n) is 2.00. The Morgan fingerprint density at radius 3 is 2.67 bits per heavy atom. The lowest BCUT2D eigenvalue weighted by molar-refractivity contribution is 0.137. The number of nitrogens with two attached hydrogens (primary N) is 1. The van der Waals surface area contributed by atoms with Gasteiger partial charge in [-0.05, 0) is 37.8 Å². The van der Waals surface area contributed by atoms with Gasteiger partial charge in [-0.3, -0.25) is 0 Å². The summed E-state index contributed by atoms with van der Waals surface area (Å²) < 4.78 is 28.1. The Morgan fingerprint density at radius 1 is 1.47 bits per heavy atom. The largest absolute Gasteiger partial charge is 0.327 e. The van der Waals surface area contributed by atoms with Crippen molar-refractivity contribution in [2.75, 3.05) is 6.54 Å². The van der Waals surface area contributed by atoms with Crippen molar-refractivity contribution in [1.29, 1.82) is 0 Å². The van der Waals surface area contributed by atoms with Gasteiger partial charge >= 0.3 is 0 Å². The molecule has 0 spiro atoms. The van der Waals surface area contributed by atoms with Gasteiger partial charge in [-0.15, -0.1) is 0 Å². The third-order valence-corrected chi connectivity index (χ3v) is 3.09. The zero-order valence-electron chi connectivity index (χ0n) is 8.76. The van der Waals surface area contributed by atoms with Gasteiger partial charge in [0, 0.05) is 12.1 Å². The maximum Gasteiger partial charge on any atom is 0.153 e. The van der Waals surface area contributed by atoms with Crippen molar-refractivity contribution in [2.45, 2.75) is 25.4 Å². The first-order chi connectivity index (χ1) is 7.08. The van der Waals surface area contributed by atoms with E-state index in [0.29, 0.717) is 0 Å². The Bertz CT molecular complexity index is 374. The van der Waals surface area contributed by atoms with Crippen LogP contribution in [0.1, 0.15) is 24.0 Å². The highest BCUT2D eigenvalue weighted by atomic mass is 19.1. The van der Waals surface area contributed by atoms with E-state index in [1.54, 1.807) is 12.1 Å². The molecule has 1 aromatic carbocycles. The molecule has 0 saturated heterocycles. The summed E-state index contributed by atoms with van der Waals surface area (Å²) >= 11 is 0. The molecule has 0 bridgehead atoms. The summed E-state index contributed by atoms with van der Waals surface area (Å²) in [4.78, 5) is 0. The number of benzene rings is 1. The third kappa shape index (κ3) is 1.76. The first kappa shape index (κ1) is 10.6. The fourth-order valence-corrected chi connectivity index (χ4v) is 2.00. The predicted octanol–water partition coefficient (Wildman–Crippen LogP) is 2.67. The second-order valence-corrected chi connectivity index (χ2v) is 4.32. The van der Waals surface area contributed by atoms with Crippen LogP contribution in [0.15, 0.2) is 18.2 Å². The molecule has 0 radical (unpaired) electrons. The van der Waals surface area contributed by atoms with Gasteiger partial charge in [-0.25, -0.2) is 8.78 Å². The summed E-state index contributed by atoms with van der Waals surface area (Å²) in [6.45, 7) is 1.69. The number of halogens is 2. The zero-order chi connectivity index (χ0) is 11.1. The van der Waals surface area contributed by atoms with Crippen molar-refractivity contribution in [3.63, 3.8) is 0 Å². The Morgan fingerprint density at radius 2 is 2.13 bits per heavy atom. The molecule has 1 aliphatic carbocycles. The highest BCUT2D eigenvalue weighted by molar-refractivity contribution is 5.31. The standard InChI is InChI=1S/C12H15F2N/c1-8-2-5-11(13)10(6-8)12(14,7-15)9-3-4-9/h2,5-6,9H,3-4,7,15H2,1H3. The summed E-state index contributed by atoms with van der Waals surface area (Å²) in [6, 6.07) is 4.53. The van der Waals surface area contributed by atoms with Gasteiger partial charge in [0.15, 0.2) is 5.67 Å². The minimum Gasteiger partial charge on any atom is -0.327 e. The molecule has 82 valence electrons. The molecule has 2 N–H and O–H groups in total. The summed E-state index contributed by atoms with van der Waals surface area (Å²) in [5.41, 5.74) is 4.78. The second-order valence-electron chi connectivity index (χ2n) is 4.32. The maximum atomic E-state index is 14.5. The van der Waals surface area contributed by atoms with Crippen molar-refractivity contribution in [1.82, 2.24) is 0 Å². The highest BCUT2D eigenvalue weighted by Crippen LogP contribution is 2.48. The fraction of sp³-hybridized carbons (Fsp3) is 0.500. The molecule has 1 aliphatic rings. The Kier molecular flexibility index (Phi) is 2.51. The topological polar surface area (TPSA) is 26.0 Å². The van der Waals surface area contributed by atoms with E-state index in [1.807, 2.05) is 6.92 Å². The summed E-state index contributed by atoms with van der Waals surface area (Å²) in [5.74, 6) is -0.584. The minimum atomic E-state index is -1.67. The van der Waals surface area contributed by atoms with Crippen LogP contribution in [-0.2, 0) is 5.67 Å². The van der Waals surface area contributed by atoms with Gasteiger partial charge in [0.1, 0.15) is 5.82 Å². The quantitative estimate of drug-likeness (QED) is 0.817. The van der Waals surface area contributed by atoms with E-state index >= 15 is 0 Å². The van der Waals surface area contributed by atoms with Gasteiger partial charge in [-0.2, -0.15) is 0 Å². The molecule has 1 unspecified atom stereocenters. The molecular weight excluding hydrogens is 196 g/mol. The Hall–Kier alpha value is -0.960. The van der Waals surface area contributed by atoms with Gasteiger partial charge in [-0.1, -0.05) is 11.6 Å². The second kappa shape index (κ2) is 3.56. The van der Waals surface area contributed by atoms with E-state index < -0.39 is 11.5 Å². The first-order valence-corrected chi connectivity index (χ1v) is 5.23. The van der Waals surface area contributed by atoms with Crippen molar-refractivity contribution in [3.05, 3.63) is 35.1 Å². The third-order valence-electron chi connectivity index (χ3n) is 3.09. The Labute approximate surface area is 88.3 Å². The molecule has 3 heteroatoms. The molecule has 2 rings (SSSR count). The van der Waals surface area contributed by atoms with Crippen LogP contribution in [0.4, 0.5) is 8.78 Å². The Balaban J connectivity index is 2.45. The summed E-state index contributed by atoms with van der Waals surface area (Å²) in [5, 5.41) is 0. The van der Waals surface area contributed by atoms with Crippen LogP contribution >= 0.6 is 0 Å². The van der Waals surface area contributed by atoms with Crippen molar-refractivity contribution < 1.29 is 8.78 Å². The number of hydrogen-bond acceptors (Lipinski definition) is 1. The van der Waals surface area contributed by atoms with Gasteiger partial charge in [0.05, 0.1) is 0 Å². The molecular formula is C12H15F2N. The molecule has 0 aliphatic heterocycles. The molecule has 1 aromatic rings. The number of alkyl halides is 1. The number of hydrogen-bond donors (Lipinski definition) is 1. The molecule has 1 atom stereocenters. The van der Waals surface area contributed by atoms with E-state index in [9.17, 15) is 8.78 Å². The van der Waals surface area contributed by atoms with E-state index in [0.717, 1.165) is 18.4 Å². The number of aryl methyl sites for hydroxylation is 1. The zero-order valence-corrected chi connectivity index (χ0v) is 8.76. The lowest BCUT2D eigenvalue weighted by Crippen LogP contribution is -2.33. The van der Waals surface area contributed by atoms with E-state index in [2.05, 4.69) is 0 Å². The molecule has 1 saturated carbocycles. The van der Waals surface area contributed by atoms with Crippen LogP contribution in [-0.4, -0.2) is 6.54 Å². The van der Waals surface area contributed by atoms with E-state index in [-0.39, 0.29) is 18.0 Å². The van der Waals surface area contributed by atoms with Crippen molar-refractivity contribution in [3.8, 4) is 0 Å². The van der Waals surface area contributed by atoms with Gasteiger partial charge in [0.25, 0.3) is 0 Å². The van der Waals surface area contributed by atoms with E-state index in [1.165, 1.54) is 6.07 Å². The van der Waals surface area contributed by atoms with Crippen LogP contribution in [0.25, 0.3) is 0 Å². The summed E-state index contributed by atoms with van der Waals surface area (Å²) in [6.07, 6.45) is 1.61. The van der Waals surface area contributed by atoms with Crippen LogP contribution in [0.5, 0.6) is 0 Å². The average molecular weight is 211 g/mol. The maximum absolute atomic E-state index is 14.5. The molecule has 15 heavy (non-hydrogen) atoms. The monoisotopic (exact) mass is 211 g/mol. The molecule has 0 aromatic heterocycles. The van der Waals surface area contributed by atoms with Gasteiger partial charge in [0.2, 0.25) is 0 Å². The highest BCUT2D eigenvalue weighted by Gasteiger charge is 2.47. The minimum absolute atomic E-state index is 0.0983. The van der Waals surface area contributed by atoms with Crippen molar-refractivity contribution in [2.24, 2.45) is 11.7 Å². The van der Waals surface area contributed by atoms with Crippen LogP contribution in [0.2, 0.25) is 0 Å². The van der Waals surface area contributed by atoms with E-state index in [4.69, 9.17) is 5.73 Å². The van der Waals surface area contributed by atoms with Gasteiger partial charge < -0.3 is 5.73 Å². The average Bonchev–Trinajstić information content (AvgIpc) is 3.04. The normalized spacial score (nSPS) is 20.0. The van der Waals surface area contributed by atoms with Crippen LogP contribution in [0, 0.1) is 18.7 Å². The molecule has 1 nitrogen and oxygen atoms in total. The number of rotatable bonds is 3. The van der Waals surface area contributed by atoms with Crippen molar-refractivity contribution >= 4 is 0 Å². The van der Waals surface area contributed by atoms with Crippen LogP contribution in [0.3, 0.4) is 0 Å². The molecule has 1 fully saturated rings.